The molecule has 1 aromatic rings. The molecular formula is C16H22ClFN2O3. The Bertz CT molecular complexity index is 552. The first-order chi connectivity index (χ1) is 10.8. The molecule has 0 aliphatic heterocycles. The van der Waals surface area contributed by atoms with E-state index in [-0.39, 0.29) is 29.8 Å². The molecule has 0 spiro atoms. The molecule has 23 heavy (non-hydrogen) atoms. The van der Waals surface area contributed by atoms with Gasteiger partial charge in [-0.2, -0.15) is 0 Å². The van der Waals surface area contributed by atoms with Crippen LogP contribution in [0.4, 0.5) is 9.18 Å². The highest BCUT2D eigenvalue weighted by Crippen LogP contribution is 2.17. The van der Waals surface area contributed by atoms with Crippen LogP contribution in [0.5, 0.6) is 0 Å². The van der Waals surface area contributed by atoms with E-state index in [9.17, 15) is 14.0 Å². The molecule has 7 heteroatoms. The molecule has 0 saturated heterocycles. The highest BCUT2D eigenvalue weighted by molar-refractivity contribution is 6.33. The summed E-state index contributed by atoms with van der Waals surface area (Å²) in [4.78, 5) is 23.6. The average molecular weight is 345 g/mol. The number of halogens is 2. The Hall–Kier alpha value is -1.82. The molecule has 0 aliphatic carbocycles. The zero-order valence-electron chi connectivity index (χ0n) is 13.5. The number of carbonyl (C=O) groups excluding carboxylic acids is 2. The normalized spacial score (nSPS) is 11.9. The first-order valence-electron chi connectivity index (χ1n) is 7.50. The minimum atomic E-state index is -0.521. The smallest absolute Gasteiger partial charge is 0.407 e. The van der Waals surface area contributed by atoms with Crippen LogP contribution in [-0.2, 0) is 4.74 Å². The van der Waals surface area contributed by atoms with Gasteiger partial charge in [-0.05, 0) is 37.5 Å². The van der Waals surface area contributed by atoms with Crippen molar-refractivity contribution in [1.82, 2.24) is 10.6 Å². The van der Waals surface area contributed by atoms with Crippen LogP contribution in [0, 0.1) is 11.7 Å². The van der Waals surface area contributed by atoms with Crippen molar-refractivity contribution >= 4 is 23.6 Å². The number of benzene rings is 1. The van der Waals surface area contributed by atoms with Crippen molar-refractivity contribution < 1.29 is 18.7 Å². The second kappa shape index (κ2) is 9.35. The summed E-state index contributed by atoms with van der Waals surface area (Å²) in [6.07, 6.45) is 0.156. The molecule has 2 amide bonds. The molecule has 0 saturated carbocycles. The molecule has 1 aromatic carbocycles. The average Bonchev–Trinajstić information content (AvgIpc) is 2.44. The zero-order chi connectivity index (χ0) is 17.4. The van der Waals surface area contributed by atoms with Crippen LogP contribution in [0.15, 0.2) is 18.2 Å². The van der Waals surface area contributed by atoms with Gasteiger partial charge in [0, 0.05) is 12.6 Å². The van der Waals surface area contributed by atoms with Crippen molar-refractivity contribution in [2.45, 2.75) is 33.2 Å². The fourth-order valence-electron chi connectivity index (χ4n) is 2.09. The maximum Gasteiger partial charge on any atom is 0.407 e. The predicted molar refractivity (Wildman–Crippen MR) is 87.1 cm³/mol. The maximum absolute atomic E-state index is 13.0. The Kier molecular flexibility index (Phi) is 7.81. The van der Waals surface area contributed by atoms with Gasteiger partial charge in [0.25, 0.3) is 5.91 Å². The largest absolute Gasteiger partial charge is 0.450 e. The van der Waals surface area contributed by atoms with Gasteiger partial charge in [-0.3, -0.25) is 4.79 Å². The van der Waals surface area contributed by atoms with Crippen molar-refractivity contribution in [1.29, 1.82) is 0 Å². The number of nitrogens with one attached hydrogen (secondary N) is 2. The van der Waals surface area contributed by atoms with Crippen molar-refractivity contribution in [2.24, 2.45) is 5.92 Å². The van der Waals surface area contributed by atoms with E-state index in [1.165, 1.54) is 12.1 Å². The Morgan fingerprint density at radius 2 is 2.04 bits per heavy atom. The van der Waals surface area contributed by atoms with E-state index in [2.05, 4.69) is 10.6 Å². The quantitative estimate of drug-likeness (QED) is 0.797. The van der Waals surface area contributed by atoms with Crippen LogP contribution in [-0.4, -0.2) is 31.2 Å². The molecule has 0 heterocycles. The highest BCUT2D eigenvalue weighted by Gasteiger charge is 2.17. The van der Waals surface area contributed by atoms with E-state index >= 15 is 0 Å². The third-order valence-corrected chi connectivity index (χ3v) is 3.35. The maximum atomic E-state index is 13.0. The number of carbonyl (C=O) groups is 2. The lowest BCUT2D eigenvalue weighted by atomic mass is 10.0. The fraction of sp³-hybridized carbons (Fsp3) is 0.500. The molecule has 0 fully saturated rings. The summed E-state index contributed by atoms with van der Waals surface area (Å²) < 4.78 is 17.9. The summed E-state index contributed by atoms with van der Waals surface area (Å²) in [5, 5.41) is 5.45. The molecule has 0 unspecified atom stereocenters. The lowest BCUT2D eigenvalue weighted by Gasteiger charge is -2.21. The molecule has 0 aliphatic rings. The molecular weight excluding hydrogens is 323 g/mol. The predicted octanol–water partition coefficient (Wildman–Crippen LogP) is 3.37. The van der Waals surface area contributed by atoms with Gasteiger partial charge >= 0.3 is 6.09 Å². The lowest BCUT2D eigenvalue weighted by Crippen LogP contribution is -2.44. The zero-order valence-corrected chi connectivity index (χ0v) is 14.2. The minimum Gasteiger partial charge on any atom is -0.450 e. The minimum absolute atomic E-state index is 0.0428. The highest BCUT2D eigenvalue weighted by atomic mass is 35.5. The van der Waals surface area contributed by atoms with Crippen molar-refractivity contribution in [3.63, 3.8) is 0 Å². The lowest BCUT2D eigenvalue weighted by molar-refractivity contribution is 0.0944. The van der Waals surface area contributed by atoms with E-state index in [1.54, 1.807) is 6.92 Å². The monoisotopic (exact) mass is 344 g/mol. The first-order valence-corrected chi connectivity index (χ1v) is 7.87. The summed E-state index contributed by atoms with van der Waals surface area (Å²) >= 11 is 5.86. The Balaban J connectivity index is 2.65. The van der Waals surface area contributed by atoms with E-state index < -0.39 is 17.8 Å². The molecule has 128 valence electrons. The van der Waals surface area contributed by atoms with Gasteiger partial charge in [-0.15, -0.1) is 0 Å². The van der Waals surface area contributed by atoms with Crippen LogP contribution < -0.4 is 10.6 Å². The van der Waals surface area contributed by atoms with Gasteiger partial charge in [0.15, 0.2) is 0 Å². The molecule has 5 nitrogen and oxygen atoms in total. The summed E-state index contributed by atoms with van der Waals surface area (Å²) in [6.45, 7) is 6.24. The number of alkyl carbamates (subject to hydrolysis) is 1. The summed E-state index contributed by atoms with van der Waals surface area (Å²) in [6, 6.07) is 3.31. The van der Waals surface area contributed by atoms with Crippen LogP contribution in [0.3, 0.4) is 0 Å². The SMILES string of the molecule is CCOC(=O)N[C@@H](CNC(=O)c1ccc(F)cc1Cl)CC(C)C. The van der Waals surface area contributed by atoms with Crippen LogP contribution in [0.2, 0.25) is 5.02 Å². The van der Waals surface area contributed by atoms with E-state index in [0.29, 0.717) is 12.3 Å². The Labute approximate surface area is 140 Å². The Morgan fingerprint density at radius 1 is 1.35 bits per heavy atom. The van der Waals surface area contributed by atoms with Gasteiger partial charge in [-0.1, -0.05) is 25.4 Å². The number of rotatable bonds is 7. The standard InChI is InChI=1S/C16H22ClFN2O3/c1-4-23-16(22)20-12(7-10(2)3)9-19-15(21)13-6-5-11(18)8-14(13)17/h5-6,8,10,12H,4,7,9H2,1-3H3,(H,19,21)(H,20,22)/t12-/m1/s1. The van der Waals surface area contributed by atoms with Gasteiger partial charge in [0.1, 0.15) is 5.82 Å². The van der Waals surface area contributed by atoms with Gasteiger partial charge in [0.2, 0.25) is 0 Å². The van der Waals surface area contributed by atoms with E-state index in [0.717, 1.165) is 6.07 Å². The van der Waals surface area contributed by atoms with E-state index in [1.807, 2.05) is 13.8 Å². The van der Waals surface area contributed by atoms with Crippen molar-refractivity contribution in [3.8, 4) is 0 Å². The van der Waals surface area contributed by atoms with E-state index in [4.69, 9.17) is 16.3 Å². The number of ether oxygens (including phenoxy) is 1. The summed E-state index contributed by atoms with van der Waals surface area (Å²) in [5.41, 5.74) is 0.187. The molecule has 0 radical (unpaired) electrons. The van der Waals surface area contributed by atoms with Crippen LogP contribution >= 0.6 is 11.6 Å². The Morgan fingerprint density at radius 3 is 2.61 bits per heavy atom. The number of hydrogen-bond acceptors (Lipinski definition) is 3. The molecule has 1 rings (SSSR count). The van der Waals surface area contributed by atoms with Gasteiger partial charge in [0.05, 0.1) is 17.2 Å². The summed E-state index contributed by atoms with van der Waals surface area (Å²) in [7, 11) is 0. The van der Waals surface area contributed by atoms with Gasteiger partial charge in [-0.25, -0.2) is 9.18 Å². The topological polar surface area (TPSA) is 67.4 Å². The van der Waals surface area contributed by atoms with Crippen molar-refractivity contribution in [2.75, 3.05) is 13.2 Å². The second-order valence-corrected chi connectivity index (χ2v) is 5.93. The molecule has 2 N–H and O–H groups in total. The fourth-order valence-corrected chi connectivity index (χ4v) is 2.34. The van der Waals surface area contributed by atoms with Crippen LogP contribution in [0.1, 0.15) is 37.6 Å². The van der Waals surface area contributed by atoms with Crippen LogP contribution in [0.25, 0.3) is 0 Å². The summed E-state index contributed by atoms with van der Waals surface area (Å²) in [5.74, 6) is -0.601. The number of amides is 2. The molecule has 0 bridgehead atoms. The second-order valence-electron chi connectivity index (χ2n) is 5.53. The first kappa shape index (κ1) is 19.2. The molecule has 1 atom stereocenters. The third kappa shape index (κ3) is 6.86. The number of hydrogen-bond donors (Lipinski definition) is 2. The van der Waals surface area contributed by atoms with Gasteiger partial charge < -0.3 is 15.4 Å². The molecule has 0 aromatic heterocycles. The van der Waals surface area contributed by atoms with Crippen molar-refractivity contribution in [3.05, 3.63) is 34.6 Å². The third-order valence-electron chi connectivity index (χ3n) is 3.04.